The van der Waals surface area contributed by atoms with Crippen LogP contribution in [0, 0.1) is 5.41 Å². The van der Waals surface area contributed by atoms with Crippen LogP contribution >= 0.6 is 47.8 Å². The molecule has 0 fully saturated rings. The lowest BCUT2D eigenvalue weighted by molar-refractivity contribution is -0.123. The molecule has 0 saturated heterocycles. The highest BCUT2D eigenvalue weighted by molar-refractivity contribution is 9.10. The van der Waals surface area contributed by atoms with Gasteiger partial charge in [0, 0.05) is 25.0 Å². The molecule has 0 radical (unpaired) electrons. The van der Waals surface area contributed by atoms with Gasteiger partial charge < -0.3 is 21.1 Å². The number of alkyl halides is 3. The zero-order chi connectivity index (χ0) is 21.7. The van der Waals surface area contributed by atoms with E-state index < -0.39 is 18.4 Å². The fraction of sp³-hybridized carbons (Fsp3) is 0.824. The van der Waals surface area contributed by atoms with Gasteiger partial charge in [-0.3, -0.25) is 14.4 Å². The molecule has 0 heterocycles. The molecule has 0 atom stereocenters. The van der Waals surface area contributed by atoms with Crippen LogP contribution in [-0.4, -0.2) is 62.0 Å². The van der Waals surface area contributed by atoms with E-state index in [1.165, 1.54) is 0 Å². The lowest BCUT2D eigenvalue weighted by atomic mass is 9.87. The molecule has 4 N–H and O–H groups in total. The van der Waals surface area contributed by atoms with Gasteiger partial charge in [-0.05, 0) is 41.5 Å². The van der Waals surface area contributed by atoms with Crippen LogP contribution in [0.5, 0.6) is 0 Å². The third-order valence-electron chi connectivity index (χ3n) is 3.83. The summed E-state index contributed by atoms with van der Waals surface area (Å²) in [6.45, 7) is 10.1. The summed E-state index contributed by atoms with van der Waals surface area (Å²) in [5, 5.41) is 18.3. The minimum atomic E-state index is -0.963. The summed E-state index contributed by atoms with van der Waals surface area (Å²) in [5.41, 5.74) is -0.963. The first-order valence-corrected chi connectivity index (χ1v) is 10.8. The largest absolute Gasteiger partial charge is 0.396 e. The van der Waals surface area contributed by atoms with Crippen molar-refractivity contribution in [3.05, 3.63) is 0 Å². The third-order valence-corrected chi connectivity index (χ3v) is 4.91. The Kier molecular flexibility index (Phi) is 9.95. The molecule has 0 unspecified atom stereocenters. The van der Waals surface area contributed by atoms with Gasteiger partial charge in [-0.1, -0.05) is 47.8 Å². The molecule has 0 aromatic carbocycles. The smallest absolute Gasteiger partial charge is 0.236 e. The van der Waals surface area contributed by atoms with Crippen LogP contribution in [0.4, 0.5) is 0 Å². The summed E-state index contributed by atoms with van der Waals surface area (Å²) in [7, 11) is 0. The summed E-state index contributed by atoms with van der Waals surface area (Å²) < 4.78 is -2.34. The molecule has 0 aliphatic heterocycles. The van der Waals surface area contributed by atoms with E-state index in [1.54, 1.807) is 41.5 Å². The van der Waals surface area contributed by atoms with Gasteiger partial charge in [0.25, 0.3) is 0 Å². The summed E-state index contributed by atoms with van der Waals surface area (Å²) in [5.74, 6) is -0.793. The van der Waals surface area contributed by atoms with Crippen molar-refractivity contribution < 1.29 is 19.5 Å². The molecule has 0 saturated carbocycles. The number of aliphatic hydroxyl groups excluding tert-OH is 1. The van der Waals surface area contributed by atoms with E-state index in [0.717, 1.165) is 0 Å². The van der Waals surface area contributed by atoms with Gasteiger partial charge in [0.15, 0.2) is 0 Å². The number of amides is 3. The molecule has 27 heavy (non-hydrogen) atoms. The average Bonchev–Trinajstić information content (AvgIpc) is 2.50. The highest BCUT2D eigenvalue weighted by Crippen LogP contribution is 2.21. The summed E-state index contributed by atoms with van der Waals surface area (Å²) in [6.07, 6.45) is 0. The second-order valence-electron chi connectivity index (χ2n) is 8.12. The fourth-order valence-electron chi connectivity index (χ4n) is 1.79. The van der Waals surface area contributed by atoms with Crippen molar-refractivity contribution in [3.63, 3.8) is 0 Å². The second-order valence-corrected chi connectivity index (χ2v) is 14.1. The molecule has 158 valence electrons. The van der Waals surface area contributed by atoms with E-state index in [-0.39, 0.29) is 44.0 Å². The van der Waals surface area contributed by atoms with E-state index in [2.05, 4.69) is 63.7 Å². The molecular weight excluding hydrogens is 550 g/mol. The van der Waals surface area contributed by atoms with E-state index in [9.17, 15) is 19.5 Å². The number of nitrogens with one attached hydrogen (secondary N) is 3. The van der Waals surface area contributed by atoms with E-state index in [4.69, 9.17) is 0 Å². The van der Waals surface area contributed by atoms with Gasteiger partial charge in [-0.15, -0.1) is 0 Å². The van der Waals surface area contributed by atoms with Gasteiger partial charge in [0.05, 0.1) is 19.6 Å². The Morgan fingerprint density at radius 2 is 0.889 bits per heavy atom. The highest BCUT2D eigenvalue weighted by atomic mass is 79.9. The van der Waals surface area contributed by atoms with Gasteiger partial charge in [0.1, 0.15) is 0 Å². The van der Waals surface area contributed by atoms with Crippen molar-refractivity contribution >= 4 is 65.5 Å². The number of rotatable bonds is 10. The molecular formula is C17H30Br3N3O4. The van der Waals surface area contributed by atoms with E-state index in [0.29, 0.717) is 0 Å². The molecule has 7 nitrogen and oxygen atoms in total. The van der Waals surface area contributed by atoms with Gasteiger partial charge in [-0.25, -0.2) is 0 Å². The van der Waals surface area contributed by atoms with Crippen molar-refractivity contribution in [1.82, 2.24) is 16.0 Å². The molecule has 3 amide bonds. The van der Waals surface area contributed by atoms with Crippen LogP contribution in [0.3, 0.4) is 0 Å². The Hall–Kier alpha value is -0.190. The Morgan fingerprint density at radius 1 is 0.667 bits per heavy atom. The average molecular weight is 580 g/mol. The first-order valence-electron chi connectivity index (χ1n) is 8.47. The lowest BCUT2D eigenvalue weighted by Gasteiger charge is -2.35. The molecule has 0 aliphatic rings. The second kappa shape index (κ2) is 10.0. The topological polar surface area (TPSA) is 108 Å². The van der Waals surface area contributed by atoms with Crippen LogP contribution < -0.4 is 16.0 Å². The van der Waals surface area contributed by atoms with Crippen molar-refractivity contribution in [1.29, 1.82) is 0 Å². The quantitative estimate of drug-likeness (QED) is 0.296. The number of aliphatic hydroxyl groups is 1. The SMILES string of the molecule is CC(C)(Br)C(=O)NCC(CO)(CNC(=O)C(C)(C)Br)CNC(=O)C(C)(C)Br. The molecule has 0 aliphatic carbocycles. The van der Waals surface area contributed by atoms with Crippen molar-refractivity contribution in [2.45, 2.75) is 54.5 Å². The molecule has 10 heteroatoms. The van der Waals surface area contributed by atoms with Crippen LogP contribution in [0.25, 0.3) is 0 Å². The number of halogens is 3. The zero-order valence-corrected chi connectivity index (χ0v) is 21.4. The van der Waals surface area contributed by atoms with Crippen LogP contribution in [0.15, 0.2) is 0 Å². The maximum atomic E-state index is 12.2. The number of carbonyl (C=O) groups is 3. The Bertz CT molecular complexity index is 475. The maximum absolute atomic E-state index is 12.2. The van der Waals surface area contributed by atoms with Crippen molar-refractivity contribution in [2.75, 3.05) is 26.2 Å². The molecule has 0 rings (SSSR count). The monoisotopic (exact) mass is 577 g/mol. The highest BCUT2D eigenvalue weighted by Gasteiger charge is 2.36. The van der Waals surface area contributed by atoms with Crippen molar-refractivity contribution in [2.24, 2.45) is 5.41 Å². The predicted molar refractivity (Wildman–Crippen MR) is 118 cm³/mol. The van der Waals surface area contributed by atoms with Gasteiger partial charge in [-0.2, -0.15) is 0 Å². The predicted octanol–water partition coefficient (Wildman–Crippen LogP) is 1.83. The third kappa shape index (κ3) is 9.71. The summed E-state index contributed by atoms with van der Waals surface area (Å²) >= 11 is 9.85. The number of hydrogen-bond acceptors (Lipinski definition) is 4. The van der Waals surface area contributed by atoms with Crippen LogP contribution in [0.2, 0.25) is 0 Å². The summed E-state index contributed by atoms with van der Waals surface area (Å²) in [6, 6.07) is 0. The van der Waals surface area contributed by atoms with Crippen molar-refractivity contribution in [3.8, 4) is 0 Å². The van der Waals surface area contributed by atoms with Crippen LogP contribution in [0.1, 0.15) is 41.5 Å². The normalized spacial score (nSPS) is 13.1. The fourth-order valence-corrected chi connectivity index (χ4v) is 2.21. The van der Waals surface area contributed by atoms with E-state index >= 15 is 0 Å². The van der Waals surface area contributed by atoms with Gasteiger partial charge in [0.2, 0.25) is 17.7 Å². The zero-order valence-electron chi connectivity index (χ0n) is 16.6. The maximum Gasteiger partial charge on any atom is 0.236 e. The standard InChI is InChI=1S/C17H30Br3N3O4/c1-14(2,18)11(25)21-7-17(10-24,8-22-12(26)15(3,4)19)9-23-13(27)16(5,6)20/h24H,7-10H2,1-6H3,(H,21,25)(H,22,26)(H,23,27). The summed E-state index contributed by atoms with van der Waals surface area (Å²) in [4.78, 5) is 36.6. The molecule has 0 spiro atoms. The van der Waals surface area contributed by atoms with E-state index in [1.807, 2.05) is 0 Å². The lowest BCUT2D eigenvalue weighted by Crippen LogP contribution is -2.57. The molecule has 0 aromatic heterocycles. The number of hydrogen-bond donors (Lipinski definition) is 4. The Morgan fingerprint density at radius 3 is 1.04 bits per heavy atom. The van der Waals surface area contributed by atoms with Gasteiger partial charge >= 0.3 is 0 Å². The molecule has 0 bridgehead atoms. The Balaban J connectivity index is 5.32. The first kappa shape index (κ1) is 26.8. The first-order chi connectivity index (χ1) is 11.9. The molecule has 0 aromatic rings. The van der Waals surface area contributed by atoms with Crippen LogP contribution in [-0.2, 0) is 14.4 Å². The minimum Gasteiger partial charge on any atom is -0.396 e. The minimum absolute atomic E-state index is 0.0728. The Labute approximate surface area is 186 Å². The number of carbonyl (C=O) groups excluding carboxylic acids is 3.